The minimum atomic E-state index is -1.39. The first kappa shape index (κ1) is 23.4. The summed E-state index contributed by atoms with van der Waals surface area (Å²) in [6.07, 6.45) is 1.30. The van der Waals surface area contributed by atoms with Crippen molar-refractivity contribution in [2.24, 2.45) is 0 Å². The van der Waals surface area contributed by atoms with Crippen LogP contribution in [0.15, 0.2) is 84.9 Å². The fourth-order valence-corrected chi connectivity index (χ4v) is 4.87. The summed E-state index contributed by atoms with van der Waals surface area (Å²) in [5.74, 6) is -0.474. The number of carbonyl (C=O) groups is 2. The molecule has 2 atom stereocenters. The summed E-state index contributed by atoms with van der Waals surface area (Å²) in [4.78, 5) is 27.8. The van der Waals surface area contributed by atoms with Crippen LogP contribution in [0, 0.1) is 0 Å². The van der Waals surface area contributed by atoms with E-state index in [0.29, 0.717) is 29.8 Å². The number of hydrogen-bond donors (Lipinski definition) is 1. The number of carbonyl (C=O) groups excluding carboxylic acids is 1. The van der Waals surface area contributed by atoms with Crippen LogP contribution in [0.25, 0.3) is 0 Å². The highest BCUT2D eigenvalue weighted by molar-refractivity contribution is 5.87. The molecule has 0 aromatic heterocycles. The molecule has 0 aliphatic carbocycles. The van der Waals surface area contributed by atoms with E-state index in [1.165, 1.54) is 0 Å². The Bertz CT molecular complexity index is 1120. The number of hydrogen-bond acceptors (Lipinski definition) is 4. The van der Waals surface area contributed by atoms with Crippen LogP contribution in [0.5, 0.6) is 5.75 Å². The van der Waals surface area contributed by atoms with Gasteiger partial charge in [-0.15, -0.1) is 0 Å². The lowest BCUT2D eigenvalue weighted by atomic mass is 9.69. The van der Waals surface area contributed by atoms with Crippen LogP contribution in [0.2, 0.25) is 0 Å². The van der Waals surface area contributed by atoms with Crippen LogP contribution in [-0.2, 0) is 21.6 Å². The van der Waals surface area contributed by atoms with Crippen molar-refractivity contribution in [3.8, 4) is 5.75 Å². The number of methoxy groups -OCH3 is 1. The molecule has 1 amide bonds. The molecule has 0 radical (unpaired) electrons. The topological polar surface area (TPSA) is 76.1 Å². The second-order valence-corrected chi connectivity index (χ2v) is 8.51. The van der Waals surface area contributed by atoms with Crippen LogP contribution in [0.3, 0.4) is 0 Å². The van der Waals surface area contributed by atoms with E-state index < -0.39 is 17.5 Å². The van der Waals surface area contributed by atoms with E-state index in [9.17, 15) is 14.7 Å². The van der Waals surface area contributed by atoms with E-state index in [0.717, 1.165) is 12.0 Å². The van der Waals surface area contributed by atoms with Gasteiger partial charge in [0.05, 0.1) is 7.11 Å². The number of amides is 1. The van der Waals surface area contributed by atoms with Gasteiger partial charge in [-0.2, -0.15) is 0 Å². The molecule has 34 heavy (non-hydrogen) atoms. The van der Waals surface area contributed by atoms with E-state index in [2.05, 4.69) is 0 Å². The molecular weight excluding hydrogens is 430 g/mol. The Morgan fingerprint density at radius 1 is 0.971 bits per heavy atom. The van der Waals surface area contributed by atoms with E-state index in [1.807, 2.05) is 72.8 Å². The zero-order valence-corrected chi connectivity index (χ0v) is 19.2. The Labute approximate surface area is 199 Å². The summed E-state index contributed by atoms with van der Waals surface area (Å²) < 4.78 is 11.2. The molecule has 1 heterocycles. The van der Waals surface area contributed by atoms with Crippen molar-refractivity contribution >= 4 is 12.1 Å². The number of likely N-dealkylation sites (tertiary alicyclic amines) is 1. The lowest BCUT2D eigenvalue weighted by molar-refractivity contribution is -0.143. The highest BCUT2D eigenvalue weighted by Crippen LogP contribution is 2.44. The van der Waals surface area contributed by atoms with Gasteiger partial charge in [0.2, 0.25) is 0 Å². The average molecular weight is 460 g/mol. The maximum atomic E-state index is 13.1. The van der Waals surface area contributed by atoms with Gasteiger partial charge >= 0.3 is 12.1 Å². The van der Waals surface area contributed by atoms with Crippen molar-refractivity contribution in [3.63, 3.8) is 0 Å². The molecule has 1 saturated heterocycles. The number of carboxylic acids is 1. The number of ether oxygens (including phenoxy) is 2. The summed E-state index contributed by atoms with van der Waals surface area (Å²) in [6, 6.07) is 25.6. The van der Waals surface area contributed by atoms with Crippen LogP contribution in [-0.4, -0.2) is 41.8 Å². The molecule has 6 heteroatoms. The molecule has 6 nitrogen and oxygen atoms in total. The molecule has 2 unspecified atom stereocenters. The maximum absolute atomic E-state index is 13.1. The minimum Gasteiger partial charge on any atom is -0.496 e. The number of carboxylic acid groups (broad SMARTS) is 1. The van der Waals surface area contributed by atoms with Gasteiger partial charge in [0.1, 0.15) is 17.8 Å². The predicted molar refractivity (Wildman–Crippen MR) is 129 cm³/mol. The van der Waals surface area contributed by atoms with Crippen molar-refractivity contribution in [1.82, 2.24) is 4.90 Å². The number of rotatable bonds is 8. The fraction of sp³-hybridized carbons (Fsp3) is 0.286. The van der Waals surface area contributed by atoms with Gasteiger partial charge in [0.15, 0.2) is 0 Å². The molecule has 0 bridgehead atoms. The van der Waals surface area contributed by atoms with E-state index in [-0.39, 0.29) is 19.1 Å². The Morgan fingerprint density at radius 2 is 1.62 bits per heavy atom. The lowest BCUT2D eigenvalue weighted by Gasteiger charge is -2.36. The van der Waals surface area contributed by atoms with Gasteiger partial charge in [-0.05, 0) is 36.5 Å². The van der Waals surface area contributed by atoms with Crippen LogP contribution < -0.4 is 4.74 Å². The van der Waals surface area contributed by atoms with Crippen LogP contribution in [0.1, 0.15) is 36.0 Å². The molecule has 4 rings (SSSR count). The van der Waals surface area contributed by atoms with E-state index >= 15 is 0 Å². The SMILES string of the molecule is COc1ccccc1C(CC1CCCN1C(=O)OCc1ccccc1)(C(=O)O)c1ccccc1. The highest BCUT2D eigenvalue weighted by atomic mass is 16.6. The third kappa shape index (κ3) is 4.62. The summed E-state index contributed by atoms with van der Waals surface area (Å²) in [5.41, 5.74) is 0.739. The summed E-state index contributed by atoms with van der Waals surface area (Å²) in [7, 11) is 1.54. The Kier molecular flexibility index (Phi) is 7.16. The first-order valence-electron chi connectivity index (χ1n) is 11.5. The molecule has 1 aliphatic rings. The molecule has 3 aromatic carbocycles. The summed E-state index contributed by atoms with van der Waals surface area (Å²) in [5, 5.41) is 10.7. The zero-order valence-electron chi connectivity index (χ0n) is 19.2. The monoisotopic (exact) mass is 459 g/mol. The number of benzene rings is 3. The third-order valence-electron chi connectivity index (χ3n) is 6.56. The van der Waals surface area contributed by atoms with Crippen molar-refractivity contribution < 1.29 is 24.2 Å². The highest BCUT2D eigenvalue weighted by Gasteiger charge is 2.48. The molecule has 0 saturated carbocycles. The van der Waals surface area contributed by atoms with Crippen LogP contribution in [0.4, 0.5) is 4.79 Å². The van der Waals surface area contributed by atoms with Gasteiger partial charge in [-0.1, -0.05) is 78.9 Å². The fourth-order valence-electron chi connectivity index (χ4n) is 4.87. The zero-order chi connectivity index (χ0) is 24.0. The molecular formula is C28H29NO5. The van der Waals surface area contributed by atoms with Crippen molar-refractivity contribution in [2.45, 2.75) is 37.3 Å². The van der Waals surface area contributed by atoms with Crippen molar-refractivity contribution in [1.29, 1.82) is 0 Å². The van der Waals surface area contributed by atoms with Gasteiger partial charge in [-0.25, -0.2) is 4.79 Å². The van der Waals surface area contributed by atoms with Crippen LogP contribution >= 0.6 is 0 Å². The van der Waals surface area contributed by atoms with E-state index in [1.54, 1.807) is 24.1 Å². The predicted octanol–water partition coefficient (Wildman–Crippen LogP) is 5.26. The molecule has 1 aliphatic heterocycles. The number of nitrogens with zero attached hydrogens (tertiary/aromatic N) is 1. The normalized spacial score (nSPS) is 17.1. The lowest BCUT2D eigenvalue weighted by Crippen LogP contribution is -2.45. The quantitative estimate of drug-likeness (QED) is 0.497. The Morgan fingerprint density at radius 3 is 2.29 bits per heavy atom. The largest absolute Gasteiger partial charge is 0.496 e. The molecule has 1 N–H and O–H groups in total. The third-order valence-corrected chi connectivity index (χ3v) is 6.56. The van der Waals surface area contributed by atoms with Crippen molar-refractivity contribution in [3.05, 3.63) is 102 Å². The number of para-hydroxylation sites is 1. The number of aliphatic carboxylic acids is 1. The first-order valence-corrected chi connectivity index (χ1v) is 11.5. The summed E-state index contributed by atoms with van der Waals surface area (Å²) in [6.45, 7) is 0.715. The molecule has 176 valence electrons. The standard InChI is InChI=1S/C28H29NO5/c1-33-25-17-9-8-16-24(25)28(26(30)31,22-13-6-3-7-14-22)19-23-15-10-18-29(23)27(32)34-20-21-11-4-2-5-12-21/h2-9,11-14,16-17,23H,10,15,18-20H2,1H3,(H,30,31). The minimum absolute atomic E-state index is 0.179. The van der Waals surface area contributed by atoms with Crippen molar-refractivity contribution in [2.75, 3.05) is 13.7 Å². The smallest absolute Gasteiger partial charge is 0.410 e. The molecule has 3 aromatic rings. The molecule has 0 spiro atoms. The average Bonchev–Trinajstić information content (AvgIpc) is 3.35. The second kappa shape index (κ2) is 10.4. The second-order valence-electron chi connectivity index (χ2n) is 8.51. The van der Waals surface area contributed by atoms with E-state index in [4.69, 9.17) is 9.47 Å². The summed E-state index contributed by atoms with van der Waals surface area (Å²) >= 11 is 0. The Hall–Kier alpha value is -3.80. The first-order chi connectivity index (χ1) is 16.6. The maximum Gasteiger partial charge on any atom is 0.410 e. The molecule has 1 fully saturated rings. The Balaban J connectivity index is 1.67. The van der Waals surface area contributed by atoms with Gasteiger partial charge in [0.25, 0.3) is 0 Å². The van der Waals surface area contributed by atoms with Gasteiger partial charge in [0, 0.05) is 18.2 Å². The van der Waals surface area contributed by atoms with Gasteiger partial charge < -0.3 is 19.5 Å². The van der Waals surface area contributed by atoms with Gasteiger partial charge in [-0.3, -0.25) is 4.79 Å².